The van der Waals surface area contributed by atoms with Gasteiger partial charge >= 0.3 is 5.97 Å². The average Bonchev–Trinajstić information content (AvgIpc) is 1.87. The van der Waals surface area contributed by atoms with Gasteiger partial charge in [-0.2, -0.15) is 0 Å². The van der Waals surface area contributed by atoms with Gasteiger partial charge in [0, 0.05) is 6.61 Å². The lowest BCUT2D eigenvalue weighted by Gasteiger charge is -2.04. The molecule has 0 aromatic rings. The first-order valence-electron chi connectivity index (χ1n) is 2.66. The van der Waals surface area contributed by atoms with Gasteiger partial charge in [0.15, 0.2) is 0 Å². The van der Waals surface area contributed by atoms with Crippen LogP contribution in [0.15, 0.2) is 0 Å². The second kappa shape index (κ2) is 4.29. The topological polar surface area (TPSA) is 72.5 Å². The summed E-state index contributed by atoms with van der Waals surface area (Å²) < 4.78 is 4.29. The van der Waals surface area contributed by atoms with E-state index in [2.05, 4.69) is 4.74 Å². The highest BCUT2D eigenvalue weighted by Crippen LogP contribution is 1.87. The Morgan fingerprint density at radius 2 is 2.44 bits per heavy atom. The summed E-state index contributed by atoms with van der Waals surface area (Å²) in [7, 11) is 1.26. The maximum Gasteiger partial charge on any atom is 0.322 e. The predicted molar refractivity (Wildman–Crippen MR) is 31.7 cm³/mol. The highest BCUT2D eigenvalue weighted by Gasteiger charge is 2.11. The molecule has 0 rings (SSSR count). The summed E-state index contributed by atoms with van der Waals surface area (Å²) in [6, 6.07) is -0.681. The van der Waals surface area contributed by atoms with Gasteiger partial charge in [0.05, 0.1) is 7.11 Å². The maximum absolute atomic E-state index is 10.4. The van der Waals surface area contributed by atoms with Crippen molar-refractivity contribution in [2.24, 2.45) is 5.73 Å². The summed E-state index contributed by atoms with van der Waals surface area (Å²) in [5, 5.41) is 8.29. The van der Waals surface area contributed by atoms with E-state index in [9.17, 15) is 4.79 Å². The molecule has 54 valence electrons. The third kappa shape index (κ3) is 3.05. The third-order valence-electron chi connectivity index (χ3n) is 0.944. The maximum atomic E-state index is 10.4. The first-order valence-corrected chi connectivity index (χ1v) is 2.66. The lowest BCUT2D eigenvalue weighted by Crippen LogP contribution is -2.32. The molecule has 0 heterocycles. The zero-order valence-corrected chi connectivity index (χ0v) is 5.33. The van der Waals surface area contributed by atoms with Gasteiger partial charge in [-0.1, -0.05) is 0 Å². The molecular formula is C5H11NO3. The molecule has 4 heteroatoms. The Labute approximate surface area is 53.6 Å². The minimum Gasteiger partial charge on any atom is -0.468 e. The Balaban J connectivity index is 3.45. The molecule has 0 unspecified atom stereocenters. The molecule has 0 fully saturated rings. The zero-order chi connectivity index (χ0) is 7.28. The molecule has 0 radical (unpaired) electrons. The van der Waals surface area contributed by atoms with E-state index in [1.807, 2.05) is 0 Å². The molecule has 0 aliphatic rings. The molecule has 0 aliphatic heterocycles. The van der Waals surface area contributed by atoms with E-state index in [0.29, 0.717) is 0 Å². The number of aliphatic hydroxyl groups is 1. The van der Waals surface area contributed by atoms with Crippen LogP contribution in [0.3, 0.4) is 0 Å². The summed E-state index contributed by atoms with van der Waals surface area (Å²) in [6.07, 6.45) is 0.257. The van der Waals surface area contributed by atoms with E-state index in [1.165, 1.54) is 7.11 Å². The molecule has 0 spiro atoms. The Morgan fingerprint density at radius 3 is 2.78 bits per heavy atom. The van der Waals surface area contributed by atoms with Crippen molar-refractivity contribution in [3.05, 3.63) is 0 Å². The highest BCUT2D eigenvalue weighted by molar-refractivity contribution is 5.75. The van der Waals surface area contributed by atoms with E-state index in [1.54, 1.807) is 0 Å². The molecule has 4 nitrogen and oxygen atoms in total. The van der Waals surface area contributed by atoms with Crippen molar-refractivity contribution in [1.82, 2.24) is 0 Å². The van der Waals surface area contributed by atoms with Crippen LogP contribution in [0.1, 0.15) is 6.42 Å². The Morgan fingerprint density at radius 1 is 1.89 bits per heavy atom. The first-order chi connectivity index (χ1) is 4.22. The molecule has 0 saturated heterocycles. The van der Waals surface area contributed by atoms with Crippen molar-refractivity contribution in [2.75, 3.05) is 13.7 Å². The Bertz CT molecular complexity index is 94.2. The number of nitrogens with two attached hydrogens (primary N) is 1. The van der Waals surface area contributed by atoms with Crippen LogP contribution in [0.25, 0.3) is 0 Å². The van der Waals surface area contributed by atoms with Crippen LogP contribution < -0.4 is 5.73 Å². The lowest BCUT2D eigenvalue weighted by molar-refractivity contribution is -0.142. The van der Waals surface area contributed by atoms with Gasteiger partial charge in [0.1, 0.15) is 6.04 Å². The number of rotatable bonds is 3. The number of methoxy groups -OCH3 is 1. The van der Waals surface area contributed by atoms with Crippen molar-refractivity contribution in [1.29, 1.82) is 0 Å². The fraction of sp³-hybridized carbons (Fsp3) is 0.800. The average molecular weight is 133 g/mol. The fourth-order valence-electron chi connectivity index (χ4n) is 0.408. The number of aliphatic hydroxyl groups excluding tert-OH is 1. The van der Waals surface area contributed by atoms with Crippen molar-refractivity contribution < 1.29 is 14.6 Å². The molecule has 0 bridgehead atoms. The van der Waals surface area contributed by atoms with Crippen molar-refractivity contribution in [3.63, 3.8) is 0 Å². The standard InChI is InChI=1S/C5H11NO3/c1-9-5(8)4(6)2-3-7/h4,7H,2-3,6H2,1H3/t4-/m1/s1. The summed E-state index contributed by atoms with van der Waals surface area (Å²) in [5.74, 6) is -0.482. The van der Waals surface area contributed by atoms with Gasteiger partial charge < -0.3 is 15.6 Å². The van der Waals surface area contributed by atoms with Crippen molar-refractivity contribution >= 4 is 5.97 Å². The van der Waals surface area contributed by atoms with Gasteiger partial charge in [0.2, 0.25) is 0 Å². The monoisotopic (exact) mass is 133 g/mol. The summed E-state index contributed by atoms with van der Waals surface area (Å²) in [5.41, 5.74) is 5.20. The molecule has 3 N–H and O–H groups in total. The van der Waals surface area contributed by atoms with Crippen LogP contribution in [0.4, 0.5) is 0 Å². The Kier molecular flexibility index (Phi) is 4.00. The predicted octanol–water partition coefficient (Wildman–Crippen LogP) is -1.13. The van der Waals surface area contributed by atoms with Gasteiger partial charge in [-0.05, 0) is 6.42 Å². The number of hydrogen-bond acceptors (Lipinski definition) is 4. The van der Waals surface area contributed by atoms with Gasteiger partial charge in [-0.3, -0.25) is 4.79 Å². The smallest absolute Gasteiger partial charge is 0.322 e. The molecule has 0 amide bonds. The van der Waals surface area contributed by atoms with Crippen LogP contribution in [-0.2, 0) is 9.53 Å². The van der Waals surface area contributed by atoms with Gasteiger partial charge in [0.25, 0.3) is 0 Å². The first kappa shape index (κ1) is 8.39. The van der Waals surface area contributed by atoms with Crippen LogP contribution in [0, 0.1) is 0 Å². The molecule has 1 atom stereocenters. The van der Waals surface area contributed by atoms with Crippen LogP contribution in [0.5, 0.6) is 0 Å². The number of hydrogen-bond donors (Lipinski definition) is 2. The van der Waals surface area contributed by atoms with Crippen molar-refractivity contribution in [2.45, 2.75) is 12.5 Å². The van der Waals surface area contributed by atoms with Crippen molar-refractivity contribution in [3.8, 4) is 0 Å². The highest BCUT2D eigenvalue weighted by atomic mass is 16.5. The van der Waals surface area contributed by atoms with E-state index in [0.717, 1.165) is 0 Å². The molecular weight excluding hydrogens is 122 g/mol. The molecule has 0 saturated carbocycles. The normalized spacial score (nSPS) is 12.8. The Hall–Kier alpha value is -0.610. The zero-order valence-electron chi connectivity index (χ0n) is 5.33. The quantitative estimate of drug-likeness (QED) is 0.478. The number of carbonyl (C=O) groups excluding carboxylic acids is 1. The summed E-state index contributed by atoms with van der Waals surface area (Å²) >= 11 is 0. The van der Waals surface area contributed by atoms with E-state index in [4.69, 9.17) is 10.8 Å². The molecule has 0 aromatic heterocycles. The second-order valence-corrected chi connectivity index (χ2v) is 1.64. The van der Waals surface area contributed by atoms with E-state index < -0.39 is 12.0 Å². The van der Waals surface area contributed by atoms with Gasteiger partial charge in [-0.25, -0.2) is 0 Å². The van der Waals surface area contributed by atoms with Gasteiger partial charge in [-0.15, -0.1) is 0 Å². The van der Waals surface area contributed by atoms with Crippen LogP contribution in [-0.4, -0.2) is 30.8 Å². The van der Waals surface area contributed by atoms with Crippen LogP contribution in [0.2, 0.25) is 0 Å². The third-order valence-corrected chi connectivity index (χ3v) is 0.944. The summed E-state index contributed by atoms with van der Waals surface area (Å²) in [4.78, 5) is 10.4. The largest absolute Gasteiger partial charge is 0.468 e. The number of ether oxygens (including phenoxy) is 1. The lowest BCUT2D eigenvalue weighted by atomic mass is 10.2. The number of esters is 1. The molecule has 0 aromatic carbocycles. The minimum atomic E-state index is -0.681. The molecule has 0 aliphatic carbocycles. The molecule has 9 heavy (non-hydrogen) atoms. The second-order valence-electron chi connectivity index (χ2n) is 1.64. The van der Waals surface area contributed by atoms with E-state index in [-0.39, 0.29) is 13.0 Å². The minimum absolute atomic E-state index is 0.0870. The number of carbonyl (C=O) groups is 1. The van der Waals surface area contributed by atoms with E-state index >= 15 is 0 Å². The SMILES string of the molecule is COC(=O)[C@H](N)CCO. The fourth-order valence-corrected chi connectivity index (χ4v) is 0.408. The van der Waals surface area contributed by atoms with Crippen LogP contribution >= 0.6 is 0 Å². The summed E-state index contributed by atoms with van der Waals surface area (Å²) in [6.45, 7) is -0.0870.